The van der Waals surface area contributed by atoms with Crippen LogP contribution in [-0.2, 0) is 0 Å². The summed E-state index contributed by atoms with van der Waals surface area (Å²) in [4.78, 5) is 25.7. The lowest BCUT2D eigenvalue weighted by Crippen LogP contribution is -2.37. The molecule has 0 radical (unpaired) electrons. The van der Waals surface area contributed by atoms with E-state index in [-0.39, 0.29) is 30.3 Å². The van der Waals surface area contributed by atoms with Crippen LogP contribution in [-0.4, -0.2) is 36.6 Å². The maximum Gasteiger partial charge on any atom is 0.255 e. The maximum absolute atomic E-state index is 13.5. The normalized spacial score (nSPS) is 11.9. The monoisotopic (exact) mass is 488 g/mol. The molecular formula is C29H29FN2O4. The van der Waals surface area contributed by atoms with Crippen molar-refractivity contribution in [2.45, 2.75) is 32.2 Å². The molecule has 0 spiro atoms. The molecule has 6 nitrogen and oxygen atoms in total. The van der Waals surface area contributed by atoms with Gasteiger partial charge in [0.15, 0.2) is 0 Å². The largest absolute Gasteiger partial charge is 0.455 e. The minimum atomic E-state index is -0.377. The summed E-state index contributed by atoms with van der Waals surface area (Å²) in [5.41, 5.74) is 3.55. The smallest absolute Gasteiger partial charge is 0.255 e. The zero-order chi connectivity index (χ0) is 25.7. The summed E-state index contributed by atoms with van der Waals surface area (Å²) in [7, 11) is 1.54. The van der Waals surface area contributed by atoms with Crippen molar-refractivity contribution < 1.29 is 23.5 Å². The fourth-order valence-electron chi connectivity index (χ4n) is 4.20. The summed E-state index contributed by atoms with van der Waals surface area (Å²) >= 11 is 0. The third kappa shape index (κ3) is 5.31. The first kappa shape index (κ1) is 25.1. The molecule has 0 aliphatic heterocycles. The van der Waals surface area contributed by atoms with Gasteiger partial charge in [0.2, 0.25) is 0 Å². The molecule has 0 unspecified atom stereocenters. The lowest BCUT2D eigenvalue weighted by Gasteiger charge is -2.16. The van der Waals surface area contributed by atoms with Crippen LogP contribution in [0.25, 0.3) is 33.4 Å². The van der Waals surface area contributed by atoms with Crippen molar-refractivity contribution in [3.8, 4) is 22.5 Å². The Balaban J connectivity index is 1.71. The third-order valence-electron chi connectivity index (χ3n) is 6.17. The number of rotatable bonds is 9. The summed E-state index contributed by atoms with van der Waals surface area (Å²) in [6.45, 7) is 1.95. The Morgan fingerprint density at radius 2 is 1.69 bits per heavy atom. The maximum atomic E-state index is 13.5. The molecule has 2 amide bonds. The van der Waals surface area contributed by atoms with E-state index in [9.17, 15) is 19.1 Å². The molecule has 3 aromatic carbocycles. The molecular weight excluding hydrogens is 459 g/mol. The van der Waals surface area contributed by atoms with Crippen molar-refractivity contribution in [2.75, 3.05) is 13.7 Å². The molecule has 0 bridgehead atoms. The molecule has 4 rings (SSSR count). The van der Waals surface area contributed by atoms with Crippen LogP contribution in [0.3, 0.4) is 0 Å². The van der Waals surface area contributed by atoms with Gasteiger partial charge in [-0.25, -0.2) is 4.39 Å². The van der Waals surface area contributed by atoms with Crippen molar-refractivity contribution in [1.82, 2.24) is 10.6 Å². The Bertz CT molecular complexity index is 1380. The first-order chi connectivity index (χ1) is 17.4. The number of aliphatic hydroxyl groups is 1. The molecule has 4 aromatic rings. The number of nitrogens with one attached hydrogen (secondary N) is 2. The van der Waals surface area contributed by atoms with Gasteiger partial charge < -0.3 is 20.2 Å². The van der Waals surface area contributed by atoms with Crippen molar-refractivity contribution in [1.29, 1.82) is 0 Å². The number of furan rings is 1. The number of carbonyl (C=O) groups excluding carboxylic acids is 2. The van der Waals surface area contributed by atoms with Crippen molar-refractivity contribution in [3.05, 3.63) is 83.7 Å². The highest BCUT2D eigenvalue weighted by molar-refractivity contribution is 6.11. The summed E-state index contributed by atoms with van der Waals surface area (Å²) in [5.74, 6) is -0.587. The summed E-state index contributed by atoms with van der Waals surface area (Å²) < 4.78 is 19.5. The fraction of sp³-hybridized carbons (Fsp3) is 0.241. The van der Waals surface area contributed by atoms with E-state index in [0.29, 0.717) is 39.8 Å². The predicted octanol–water partition coefficient (Wildman–Crippen LogP) is 5.55. The minimum absolute atomic E-state index is 0.110. The van der Waals surface area contributed by atoms with E-state index >= 15 is 0 Å². The molecule has 1 heterocycles. The van der Waals surface area contributed by atoms with E-state index in [1.54, 1.807) is 43.4 Å². The number of halogens is 1. The van der Waals surface area contributed by atoms with Crippen molar-refractivity contribution in [2.24, 2.45) is 0 Å². The number of hydrogen-bond donors (Lipinski definition) is 3. The van der Waals surface area contributed by atoms with Gasteiger partial charge in [-0.05, 0) is 66.1 Å². The van der Waals surface area contributed by atoms with E-state index in [4.69, 9.17) is 4.42 Å². The SMILES string of the molecule is CCCC[C@H](CO)NC(=O)c1cccc(-c2ccc3oc(-c4ccc(F)cc4)c(C(=O)NC)c3c2)c1. The van der Waals surface area contributed by atoms with Crippen molar-refractivity contribution >= 4 is 22.8 Å². The molecule has 0 fully saturated rings. The van der Waals surface area contributed by atoms with E-state index in [1.165, 1.54) is 12.1 Å². The second-order valence-electron chi connectivity index (χ2n) is 8.68. The molecule has 3 N–H and O–H groups in total. The number of hydrogen-bond acceptors (Lipinski definition) is 4. The molecule has 0 aliphatic carbocycles. The molecule has 0 saturated heterocycles. The summed E-state index contributed by atoms with van der Waals surface area (Å²) in [6, 6.07) is 18.2. The molecule has 1 atom stereocenters. The number of unbranched alkanes of at least 4 members (excludes halogenated alkanes) is 1. The quantitative estimate of drug-likeness (QED) is 0.288. The van der Waals surface area contributed by atoms with E-state index in [2.05, 4.69) is 17.6 Å². The average Bonchev–Trinajstić information content (AvgIpc) is 3.29. The Morgan fingerprint density at radius 1 is 0.972 bits per heavy atom. The first-order valence-electron chi connectivity index (χ1n) is 12.0. The van der Waals surface area contributed by atoms with Crippen LogP contribution in [0, 0.1) is 5.82 Å². The van der Waals surface area contributed by atoms with Gasteiger partial charge in [-0.3, -0.25) is 9.59 Å². The first-order valence-corrected chi connectivity index (χ1v) is 12.0. The number of fused-ring (bicyclic) bond motifs is 1. The van der Waals surface area contributed by atoms with Crippen LogP contribution in [0.15, 0.2) is 71.1 Å². The van der Waals surface area contributed by atoms with E-state index in [1.807, 2.05) is 18.2 Å². The minimum Gasteiger partial charge on any atom is -0.455 e. The highest BCUT2D eigenvalue weighted by Gasteiger charge is 2.22. The zero-order valence-corrected chi connectivity index (χ0v) is 20.3. The van der Waals surface area contributed by atoms with Gasteiger partial charge in [0.05, 0.1) is 18.2 Å². The van der Waals surface area contributed by atoms with Crippen LogP contribution in [0.1, 0.15) is 46.9 Å². The fourth-order valence-corrected chi connectivity index (χ4v) is 4.20. The average molecular weight is 489 g/mol. The molecule has 1 aromatic heterocycles. The van der Waals surface area contributed by atoms with Gasteiger partial charge in [0.1, 0.15) is 17.2 Å². The van der Waals surface area contributed by atoms with Crippen LogP contribution in [0.4, 0.5) is 4.39 Å². The third-order valence-corrected chi connectivity index (χ3v) is 6.17. The Labute approximate surface area is 209 Å². The number of aliphatic hydroxyl groups excluding tert-OH is 1. The van der Waals surface area contributed by atoms with Crippen LogP contribution >= 0.6 is 0 Å². The van der Waals surface area contributed by atoms with Crippen LogP contribution in [0.5, 0.6) is 0 Å². The Hall–Kier alpha value is -3.97. The van der Waals surface area contributed by atoms with Gasteiger partial charge in [-0.15, -0.1) is 0 Å². The molecule has 0 aliphatic rings. The topological polar surface area (TPSA) is 91.6 Å². The highest BCUT2D eigenvalue weighted by Crippen LogP contribution is 2.36. The standard InChI is InChI=1S/C29H29FN2O4/c1-3-4-8-23(17-33)32-28(34)21-7-5-6-19(15-21)20-11-14-25-24(16-20)26(29(35)31-2)27(36-25)18-9-12-22(30)13-10-18/h5-7,9-16,23,33H,3-4,8,17H2,1-2H3,(H,31,35)(H,32,34)/t23-/m1/s1. The number of amides is 2. The van der Waals surface area contributed by atoms with Gasteiger partial charge in [-0.1, -0.05) is 38.0 Å². The Kier molecular flexibility index (Phi) is 7.80. The second kappa shape index (κ2) is 11.2. The molecule has 7 heteroatoms. The van der Waals surface area contributed by atoms with Gasteiger partial charge in [0.25, 0.3) is 11.8 Å². The molecule has 0 saturated carbocycles. The lowest BCUT2D eigenvalue weighted by atomic mass is 9.98. The van der Waals surface area contributed by atoms with Gasteiger partial charge >= 0.3 is 0 Å². The highest BCUT2D eigenvalue weighted by atomic mass is 19.1. The van der Waals surface area contributed by atoms with Gasteiger partial charge in [0, 0.05) is 23.6 Å². The lowest BCUT2D eigenvalue weighted by molar-refractivity contribution is 0.0911. The van der Waals surface area contributed by atoms with E-state index < -0.39 is 0 Å². The number of benzene rings is 3. The molecule has 186 valence electrons. The predicted molar refractivity (Wildman–Crippen MR) is 138 cm³/mol. The summed E-state index contributed by atoms with van der Waals surface area (Å²) in [6.07, 6.45) is 2.62. The van der Waals surface area contributed by atoms with Crippen LogP contribution in [0.2, 0.25) is 0 Å². The number of carbonyl (C=O) groups is 2. The van der Waals surface area contributed by atoms with E-state index in [0.717, 1.165) is 24.0 Å². The van der Waals surface area contributed by atoms with Crippen LogP contribution < -0.4 is 10.6 Å². The summed E-state index contributed by atoms with van der Waals surface area (Å²) in [5, 5.41) is 15.8. The Morgan fingerprint density at radius 3 is 2.39 bits per heavy atom. The second-order valence-corrected chi connectivity index (χ2v) is 8.68. The zero-order valence-electron chi connectivity index (χ0n) is 20.3. The van der Waals surface area contributed by atoms with Crippen molar-refractivity contribution in [3.63, 3.8) is 0 Å². The molecule has 36 heavy (non-hydrogen) atoms. The van der Waals surface area contributed by atoms with Gasteiger partial charge in [-0.2, -0.15) is 0 Å².